The first-order valence-electron chi connectivity index (χ1n) is 11.6. The first kappa shape index (κ1) is 27.0. The van der Waals surface area contributed by atoms with E-state index in [0.29, 0.717) is 28.2 Å². The number of nitrogens with zero attached hydrogens (tertiary/aromatic N) is 4. The number of benzene rings is 2. The maximum Gasteiger partial charge on any atom is 0.416 e. The topological polar surface area (TPSA) is 95.7 Å². The Morgan fingerprint density at radius 1 is 1.21 bits per heavy atom. The van der Waals surface area contributed by atoms with Gasteiger partial charge in [-0.25, -0.2) is 9.18 Å². The lowest BCUT2D eigenvalue weighted by Crippen LogP contribution is -2.44. The highest BCUT2D eigenvalue weighted by Gasteiger charge is 2.42. The Hall–Kier alpha value is -3.58. The van der Waals surface area contributed by atoms with Crippen LogP contribution >= 0.6 is 23.4 Å². The van der Waals surface area contributed by atoms with Crippen molar-refractivity contribution in [1.82, 2.24) is 19.6 Å². The molecule has 8 nitrogen and oxygen atoms in total. The van der Waals surface area contributed by atoms with Gasteiger partial charge in [0.1, 0.15) is 6.17 Å². The number of hydrogen-bond acceptors (Lipinski definition) is 5. The Morgan fingerprint density at radius 2 is 1.97 bits per heavy atom. The van der Waals surface area contributed by atoms with Crippen LogP contribution in [-0.4, -0.2) is 67.2 Å². The number of likely N-dealkylation sites (tertiary alicyclic amines) is 1. The Balaban J connectivity index is 1.35. The number of fused-ring (bicyclic) bond motifs is 1. The zero-order valence-corrected chi connectivity index (χ0v) is 21.4. The van der Waals surface area contributed by atoms with Crippen LogP contribution in [0.5, 0.6) is 0 Å². The van der Waals surface area contributed by atoms with Gasteiger partial charge in [-0.05, 0) is 53.2 Å². The average Bonchev–Trinajstić information content (AvgIpc) is 3.51. The molecule has 2 atom stereocenters. The Bertz CT molecular complexity index is 1530. The lowest BCUT2D eigenvalue weighted by Gasteiger charge is -2.24. The number of thioether (sulfide) groups is 1. The SMILES string of the molecule is O=C1S/C(=C\c2ccc3c(cnn3Cc3ccc(Cl)cc3C(F)(F)F)c2)C(=O)N1C[C@@H]1C[C@@H](F)CN1C(=O)O. The molecule has 39 heavy (non-hydrogen) atoms. The lowest BCUT2D eigenvalue weighted by molar-refractivity contribution is -0.138. The van der Waals surface area contributed by atoms with E-state index >= 15 is 0 Å². The van der Waals surface area contributed by atoms with E-state index in [1.807, 2.05) is 0 Å². The number of carbonyl (C=O) groups excluding carboxylic acids is 2. The molecule has 2 aliphatic rings. The van der Waals surface area contributed by atoms with Gasteiger partial charge in [0.25, 0.3) is 11.1 Å². The van der Waals surface area contributed by atoms with Gasteiger partial charge in [0, 0.05) is 16.8 Å². The minimum Gasteiger partial charge on any atom is -0.465 e. The van der Waals surface area contributed by atoms with Crippen LogP contribution in [0, 0.1) is 0 Å². The largest absolute Gasteiger partial charge is 0.465 e. The van der Waals surface area contributed by atoms with Gasteiger partial charge < -0.3 is 10.0 Å². The standard InChI is InChI=1S/C25H19ClF4N4O4S/c26-16-3-2-14(19(7-16)25(28,29)30)10-34-20-4-1-13(5-15(20)9-31-34)6-21-22(35)33(24(38)39-21)12-18-8-17(27)11-32(18)23(36)37/h1-7,9,17-18H,8,10-12H2,(H,36,37)/b21-6-/t17-,18+/m1/s1. The van der Waals surface area contributed by atoms with Crippen LogP contribution in [-0.2, 0) is 17.5 Å². The van der Waals surface area contributed by atoms with Crippen LogP contribution in [0.4, 0.5) is 27.2 Å². The van der Waals surface area contributed by atoms with Gasteiger partial charge in [-0.2, -0.15) is 18.3 Å². The third kappa shape index (κ3) is 5.46. The summed E-state index contributed by atoms with van der Waals surface area (Å²) in [5.41, 5.74) is 0.251. The van der Waals surface area contributed by atoms with Gasteiger partial charge in [-0.3, -0.25) is 19.2 Å². The van der Waals surface area contributed by atoms with E-state index in [4.69, 9.17) is 11.6 Å². The van der Waals surface area contributed by atoms with Gasteiger partial charge in [0.2, 0.25) is 0 Å². The van der Waals surface area contributed by atoms with Crippen molar-refractivity contribution < 1.29 is 37.1 Å². The highest BCUT2D eigenvalue weighted by molar-refractivity contribution is 8.18. The van der Waals surface area contributed by atoms with Crippen LogP contribution in [0.15, 0.2) is 47.5 Å². The van der Waals surface area contributed by atoms with Gasteiger partial charge in [-0.15, -0.1) is 0 Å². The van der Waals surface area contributed by atoms with Crippen LogP contribution in [0.2, 0.25) is 5.02 Å². The molecule has 0 aliphatic carbocycles. The third-order valence-corrected chi connectivity index (χ3v) is 7.68. The van der Waals surface area contributed by atoms with Gasteiger partial charge in [0.05, 0.1) is 47.9 Å². The lowest BCUT2D eigenvalue weighted by atomic mass is 10.1. The molecule has 2 saturated heterocycles. The first-order valence-corrected chi connectivity index (χ1v) is 12.8. The highest BCUT2D eigenvalue weighted by atomic mass is 35.5. The normalized spacial score (nSPS) is 21.1. The fourth-order valence-electron chi connectivity index (χ4n) is 4.72. The number of carboxylic acid groups (broad SMARTS) is 1. The van der Waals surface area contributed by atoms with Crippen molar-refractivity contribution in [3.8, 4) is 0 Å². The summed E-state index contributed by atoms with van der Waals surface area (Å²) in [6, 6.07) is 7.68. The van der Waals surface area contributed by atoms with Crippen molar-refractivity contribution in [2.75, 3.05) is 13.1 Å². The number of imide groups is 1. The molecule has 1 N–H and O–H groups in total. The summed E-state index contributed by atoms with van der Waals surface area (Å²) in [7, 11) is 0. The van der Waals surface area contributed by atoms with Gasteiger partial charge in [0.15, 0.2) is 0 Å². The Morgan fingerprint density at radius 3 is 2.69 bits per heavy atom. The molecular formula is C25H19ClF4N4O4S. The molecule has 5 rings (SSSR count). The van der Waals surface area contributed by atoms with E-state index in [9.17, 15) is 37.1 Å². The van der Waals surface area contributed by atoms with E-state index < -0.39 is 41.2 Å². The van der Waals surface area contributed by atoms with Crippen LogP contribution in [0.3, 0.4) is 0 Å². The van der Waals surface area contributed by atoms with E-state index in [2.05, 4.69) is 5.10 Å². The molecule has 2 aliphatic heterocycles. The molecule has 0 unspecified atom stereocenters. The minimum absolute atomic E-state index is 0.00235. The summed E-state index contributed by atoms with van der Waals surface area (Å²) in [5.74, 6) is -0.615. The summed E-state index contributed by atoms with van der Waals surface area (Å²) in [6.45, 7) is -0.706. The average molecular weight is 583 g/mol. The molecule has 1 aromatic heterocycles. The molecule has 0 saturated carbocycles. The summed E-state index contributed by atoms with van der Waals surface area (Å²) in [5, 5.41) is 13.5. The maximum absolute atomic E-state index is 13.8. The Kier molecular flexibility index (Phi) is 7.06. The van der Waals surface area contributed by atoms with Crippen molar-refractivity contribution in [3.05, 3.63) is 69.2 Å². The molecule has 14 heteroatoms. The number of aromatic nitrogens is 2. The quantitative estimate of drug-likeness (QED) is 0.298. The minimum atomic E-state index is -4.59. The van der Waals surface area contributed by atoms with Crippen molar-refractivity contribution in [2.45, 2.75) is 31.4 Å². The molecule has 204 valence electrons. The second-order valence-electron chi connectivity index (χ2n) is 9.13. The van der Waals surface area contributed by atoms with Crippen molar-refractivity contribution in [3.63, 3.8) is 0 Å². The molecule has 0 bridgehead atoms. The molecular weight excluding hydrogens is 564 g/mol. The first-order chi connectivity index (χ1) is 18.4. The second-order valence-corrected chi connectivity index (χ2v) is 10.6. The van der Waals surface area contributed by atoms with Crippen molar-refractivity contribution in [2.24, 2.45) is 0 Å². The van der Waals surface area contributed by atoms with Gasteiger partial charge in [-0.1, -0.05) is 23.7 Å². The molecule has 3 amide bonds. The fraction of sp³-hybridized carbons (Fsp3) is 0.280. The fourth-order valence-corrected chi connectivity index (χ4v) is 5.74. The number of rotatable bonds is 5. The summed E-state index contributed by atoms with van der Waals surface area (Å²) in [6.07, 6.45) is -4.40. The Labute approximate surface area is 227 Å². The van der Waals surface area contributed by atoms with E-state index in [0.717, 1.165) is 15.9 Å². The second kappa shape index (κ2) is 10.2. The van der Waals surface area contributed by atoms with E-state index in [1.165, 1.54) is 29.1 Å². The predicted octanol–water partition coefficient (Wildman–Crippen LogP) is 5.88. The molecule has 3 heterocycles. The smallest absolute Gasteiger partial charge is 0.416 e. The molecule has 2 fully saturated rings. The molecule has 0 spiro atoms. The van der Waals surface area contributed by atoms with E-state index in [-0.39, 0.29) is 41.5 Å². The number of alkyl halides is 4. The highest BCUT2D eigenvalue weighted by Crippen LogP contribution is 2.36. The van der Waals surface area contributed by atoms with Crippen molar-refractivity contribution in [1.29, 1.82) is 0 Å². The van der Waals surface area contributed by atoms with Crippen LogP contribution in [0.25, 0.3) is 17.0 Å². The number of hydrogen-bond donors (Lipinski definition) is 1. The van der Waals surface area contributed by atoms with Crippen molar-refractivity contribution >= 4 is 57.6 Å². The van der Waals surface area contributed by atoms with E-state index in [1.54, 1.807) is 18.2 Å². The molecule has 3 aromatic rings. The number of carbonyl (C=O) groups is 3. The van der Waals surface area contributed by atoms with Gasteiger partial charge >= 0.3 is 12.3 Å². The zero-order valence-electron chi connectivity index (χ0n) is 19.9. The summed E-state index contributed by atoms with van der Waals surface area (Å²) >= 11 is 6.45. The molecule has 0 radical (unpaired) electrons. The monoisotopic (exact) mass is 582 g/mol. The molecule has 2 aromatic carbocycles. The van der Waals surface area contributed by atoms with Crippen LogP contribution in [0.1, 0.15) is 23.1 Å². The summed E-state index contributed by atoms with van der Waals surface area (Å²) in [4.78, 5) is 38.7. The number of halogens is 5. The maximum atomic E-state index is 13.8. The number of amides is 3. The zero-order chi connectivity index (χ0) is 28.1. The third-order valence-electron chi connectivity index (χ3n) is 6.54. The summed E-state index contributed by atoms with van der Waals surface area (Å²) < 4.78 is 55.7. The van der Waals surface area contributed by atoms with Crippen LogP contribution < -0.4 is 0 Å². The predicted molar refractivity (Wildman–Crippen MR) is 136 cm³/mol.